The van der Waals surface area contributed by atoms with Crippen LogP contribution in [0.3, 0.4) is 0 Å². The average Bonchev–Trinajstić information content (AvgIpc) is 3.00. The third-order valence-corrected chi connectivity index (χ3v) is 5.24. The Morgan fingerprint density at radius 1 is 1.52 bits per heavy atom. The van der Waals surface area contributed by atoms with Gasteiger partial charge in [0.25, 0.3) is 0 Å². The Bertz CT molecular complexity index is 686. The van der Waals surface area contributed by atoms with Gasteiger partial charge in [0, 0.05) is 6.04 Å². The van der Waals surface area contributed by atoms with E-state index in [1.54, 1.807) is 0 Å². The van der Waals surface area contributed by atoms with Crippen molar-refractivity contribution in [3.05, 3.63) is 23.2 Å². The molecule has 2 aromatic rings. The standard InChI is InChI=1S/C15H17ClN2O2S/c1-9-5-6-10(7-9)18-12-4-2-3-11(16)14(12)17-15(18)21-8-13(19)20/h2-4,9-10H,5-8H2,1H3,(H,19,20). The molecule has 3 rings (SSSR count). The number of aromatic nitrogens is 2. The smallest absolute Gasteiger partial charge is 0.313 e. The topological polar surface area (TPSA) is 55.1 Å². The number of hydrogen-bond acceptors (Lipinski definition) is 3. The summed E-state index contributed by atoms with van der Waals surface area (Å²) in [5.41, 5.74) is 1.78. The molecule has 0 aliphatic heterocycles. The number of rotatable bonds is 4. The van der Waals surface area contributed by atoms with Gasteiger partial charge >= 0.3 is 5.97 Å². The zero-order valence-electron chi connectivity index (χ0n) is 11.8. The number of para-hydroxylation sites is 1. The fourth-order valence-corrected chi connectivity index (χ4v) is 4.06. The molecular weight excluding hydrogens is 308 g/mol. The Morgan fingerprint density at radius 2 is 2.33 bits per heavy atom. The number of hydrogen-bond donors (Lipinski definition) is 1. The Hall–Kier alpha value is -1.20. The minimum absolute atomic E-state index is 0.0171. The summed E-state index contributed by atoms with van der Waals surface area (Å²) in [5, 5.41) is 10.3. The van der Waals surface area contributed by atoms with Gasteiger partial charge in [-0.1, -0.05) is 36.4 Å². The van der Waals surface area contributed by atoms with Gasteiger partial charge in [0.15, 0.2) is 5.16 Å². The second-order valence-corrected chi connectivity index (χ2v) is 6.98. The fourth-order valence-electron chi connectivity index (χ4n) is 3.05. The van der Waals surface area contributed by atoms with Gasteiger partial charge in [-0.2, -0.15) is 0 Å². The number of fused-ring (bicyclic) bond motifs is 1. The van der Waals surface area contributed by atoms with E-state index in [2.05, 4.69) is 16.5 Å². The van der Waals surface area contributed by atoms with Crippen LogP contribution in [0.4, 0.5) is 0 Å². The lowest BCUT2D eigenvalue weighted by Crippen LogP contribution is -2.08. The highest BCUT2D eigenvalue weighted by molar-refractivity contribution is 7.99. The molecule has 0 amide bonds. The van der Waals surface area contributed by atoms with Crippen molar-refractivity contribution >= 4 is 40.4 Å². The van der Waals surface area contributed by atoms with Gasteiger partial charge in [-0.05, 0) is 37.3 Å². The summed E-state index contributed by atoms with van der Waals surface area (Å²) >= 11 is 7.51. The first-order chi connectivity index (χ1) is 10.1. The van der Waals surface area contributed by atoms with Crippen LogP contribution in [-0.2, 0) is 4.79 Å². The molecule has 2 atom stereocenters. The molecule has 4 nitrogen and oxygen atoms in total. The molecule has 0 saturated heterocycles. The number of aliphatic carboxylic acids is 1. The second kappa shape index (κ2) is 5.89. The van der Waals surface area contributed by atoms with Crippen molar-refractivity contribution in [1.29, 1.82) is 0 Å². The van der Waals surface area contributed by atoms with Crippen LogP contribution in [-0.4, -0.2) is 26.4 Å². The van der Waals surface area contributed by atoms with E-state index in [-0.39, 0.29) is 5.75 Å². The Morgan fingerprint density at radius 3 is 3.00 bits per heavy atom. The van der Waals surface area contributed by atoms with Crippen molar-refractivity contribution in [2.45, 2.75) is 37.4 Å². The van der Waals surface area contributed by atoms with Crippen LogP contribution in [0.5, 0.6) is 0 Å². The molecule has 1 fully saturated rings. The molecular formula is C15H17ClN2O2S. The summed E-state index contributed by atoms with van der Waals surface area (Å²) in [6.07, 6.45) is 3.42. The zero-order chi connectivity index (χ0) is 15.0. The molecule has 21 heavy (non-hydrogen) atoms. The lowest BCUT2D eigenvalue weighted by molar-refractivity contribution is -0.133. The highest BCUT2D eigenvalue weighted by Gasteiger charge is 2.27. The van der Waals surface area contributed by atoms with Crippen molar-refractivity contribution < 1.29 is 9.90 Å². The number of carboxylic acid groups (broad SMARTS) is 1. The maximum Gasteiger partial charge on any atom is 0.313 e. The SMILES string of the molecule is CC1CCC(n2c(SCC(=O)O)nc3c(Cl)cccc32)C1. The van der Waals surface area contributed by atoms with Gasteiger partial charge < -0.3 is 9.67 Å². The number of carbonyl (C=O) groups is 1. The predicted octanol–water partition coefficient (Wildman–Crippen LogP) is 4.23. The van der Waals surface area contributed by atoms with Crippen LogP contribution in [0.1, 0.15) is 32.2 Å². The molecule has 1 aromatic heterocycles. The summed E-state index contributed by atoms with van der Waals surface area (Å²) in [4.78, 5) is 15.4. The van der Waals surface area contributed by atoms with Crippen molar-refractivity contribution in [2.24, 2.45) is 5.92 Å². The fraction of sp³-hybridized carbons (Fsp3) is 0.467. The van der Waals surface area contributed by atoms with E-state index in [1.165, 1.54) is 18.2 Å². The van der Waals surface area contributed by atoms with Crippen LogP contribution in [0.2, 0.25) is 5.02 Å². The molecule has 2 unspecified atom stereocenters. The van der Waals surface area contributed by atoms with Gasteiger partial charge in [-0.15, -0.1) is 0 Å². The van der Waals surface area contributed by atoms with Crippen molar-refractivity contribution in [1.82, 2.24) is 9.55 Å². The molecule has 1 N–H and O–H groups in total. The monoisotopic (exact) mass is 324 g/mol. The van der Waals surface area contributed by atoms with Crippen molar-refractivity contribution in [2.75, 3.05) is 5.75 Å². The van der Waals surface area contributed by atoms with Gasteiger partial charge in [0.05, 0.1) is 16.3 Å². The van der Waals surface area contributed by atoms with Crippen LogP contribution < -0.4 is 0 Å². The first kappa shape index (κ1) is 14.7. The molecule has 1 aromatic carbocycles. The van der Waals surface area contributed by atoms with E-state index in [4.69, 9.17) is 16.7 Å². The Labute approximate surface area is 132 Å². The normalized spacial score (nSPS) is 22.0. The average molecular weight is 325 g/mol. The predicted molar refractivity (Wildman–Crippen MR) is 85.2 cm³/mol. The zero-order valence-corrected chi connectivity index (χ0v) is 13.3. The maximum absolute atomic E-state index is 10.9. The number of imidazole rings is 1. The molecule has 0 spiro atoms. The summed E-state index contributed by atoms with van der Waals surface area (Å²) in [6.45, 7) is 2.26. The van der Waals surface area contributed by atoms with E-state index in [1.807, 2.05) is 18.2 Å². The van der Waals surface area contributed by atoms with Crippen LogP contribution in [0.25, 0.3) is 11.0 Å². The Balaban J connectivity index is 2.06. The lowest BCUT2D eigenvalue weighted by atomic mass is 10.1. The molecule has 112 valence electrons. The minimum atomic E-state index is -0.829. The number of halogens is 1. The highest BCUT2D eigenvalue weighted by Crippen LogP contribution is 2.40. The summed E-state index contributed by atoms with van der Waals surface area (Å²) < 4.78 is 2.19. The van der Waals surface area contributed by atoms with Gasteiger partial charge in [-0.3, -0.25) is 4.79 Å². The number of thioether (sulfide) groups is 1. The molecule has 0 bridgehead atoms. The largest absolute Gasteiger partial charge is 0.481 e. The first-order valence-electron chi connectivity index (χ1n) is 7.07. The molecule has 1 aliphatic carbocycles. The summed E-state index contributed by atoms with van der Waals surface area (Å²) in [5.74, 6) is -0.114. The second-order valence-electron chi connectivity index (χ2n) is 5.63. The molecule has 6 heteroatoms. The maximum atomic E-state index is 10.9. The van der Waals surface area contributed by atoms with Gasteiger partial charge in [0.2, 0.25) is 0 Å². The first-order valence-corrected chi connectivity index (χ1v) is 8.43. The third-order valence-electron chi connectivity index (χ3n) is 4.00. The van der Waals surface area contributed by atoms with Crippen molar-refractivity contribution in [3.63, 3.8) is 0 Å². The number of nitrogens with zero attached hydrogens (tertiary/aromatic N) is 2. The molecule has 1 aliphatic rings. The minimum Gasteiger partial charge on any atom is -0.481 e. The van der Waals surface area contributed by atoms with E-state index >= 15 is 0 Å². The van der Waals surface area contributed by atoms with Gasteiger partial charge in [0.1, 0.15) is 5.52 Å². The summed E-state index contributed by atoms with van der Waals surface area (Å²) in [7, 11) is 0. The van der Waals surface area contributed by atoms with E-state index in [0.29, 0.717) is 17.0 Å². The third kappa shape index (κ3) is 2.90. The van der Waals surface area contributed by atoms with E-state index < -0.39 is 5.97 Å². The quantitative estimate of drug-likeness (QED) is 0.855. The van der Waals surface area contributed by atoms with E-state index in [9.17, 15) is 4.79 Å². The van der Waals surface area contributed by atoms with Crippen molar-refractivity contribution in [3.8, 4) is 0 Å². The number of benzene rings is 1. The van der Waals surface area contributed by atoms with E-state index in [0.717, 1.165) is 29.0 Å². The molecule has 1 heterocycles. The molecule has 0 radical (unpaired) electrons. The van der Waals surface area contributed by atoms with Gasteiger partial charge in [-0.25, -0.2) is 4.98 Å². The molecule has 1 saturated carbocycles. The Kier molecular flexibility index (Phi) is 4.13. The van der Waals surface area contributed by atoms with Crippen LogP contribution in [0.15, 0.2) is 23.4 Å². The lowest BCUT2D eigenvalue weighted by Gasteiger charge is -2.16. The highest BCUT2D eigenvalue weighted by atomic mass is 35.5. The summed E-state index contributed by atoms with van der Waals surface area (Å²) in [6, 6.07) is 6.15. The number of carboxylic acids is 1. The van der Waals surface area contributed by atoms with Crippen LogP contribution in [0, 0.1) is 5.92 Å². The van der Waals surface area contributed by atoms with Crippen LogP contribution >= 0.6 is 23.4 Å².